The lowest BCUT2D eigenvalue weighted by atomic mass is 9.81. The van der Waals surface area contributed by atoms with E-state index in [1.165, 1.54) is 23.0 Å². The summed E-state index contributed by atoms with van der Waals surface area (Å²) < 4.78 is 85.9. The molecule has 16 heteroatoms. The number of fused-ring (bicyclic) bond motifs is 1. The third-order valence-corrected chi connectivity index (χ3v) is 7.01. The average molecular weight is 559 g/mol. The number of carbonyl (C=O) groups is 2. The van der Waals surface area contributed by atoms with Gasteiger partial charge in [-0.05, 0) is 30.4 Å². The van der Waals surface area contributed by atoms with Crippen LogP contribution in [-0.4, -0.2) is 61.3 Å². The molecule has 210 valence electrons. The van der Waals surface area contributed by atoms with Crippen LogP contribution in [0, 0.1) is 5.92 Å². The number of alkyl halides is 6. The van der Waals surface area contributed by atoms with Gasteiger partial charge in [0.25, 0.3) is 5.91 Å². The van der Waals surface area contributed by atoms with Gasteiger partial charge in [-0.15, -0.1) is 0 Å². The van der Waals surface area contributed by atoms with Crippen molar-refractivity contribution in [2.75, 3.05) is 6.54 Å². The molecule has 4 heterocycles. The molecule has 10 nitrogen and oxygen atoms in total. The molecule has 3 aromatic heterocycles. The van der Waals surface area contributed by atoms with Gasteiger partial charge in [0, 0.05) is 19.4 Å². The monoisotopic (exact) mass is 559 g/mol. The number of urea groups is 1. The van der Waals surface area contributed by atoms with Gasteiger partial charge in [-0.1, -0.05) is 5.16 Å². The molecule has 0 radical (unpaired) electrons. The van der Waals surface area contributed by atoms with Crippen LogP contribution in [0.25, 0.3) is 5.65 Å². The minimum atomic E-state index is -4.58. The van der Waals surface area contributed by atoms with E-state index >= 15 is 0 Å². The minimum absolute atomic E-state index is 0.0918. The highest BCUT2D eigenvalue weighted by Crippen LogP contribution is 2.41. The van der Waals surface area contributed by atoms with Gasteiger partial charge in [-0.3, -0.25) is 4.79 Å². The molecule has 2 atom stereocenters. The van der Waals surface area contributed by atoms with Gasteiger partial charge < -0.3 is 20.1 Å². The van der Waals surface area contributed by atoms with Crippen LogP contribution in [0.5, 0.6) is 0 Å². The molecular formula is C23H23F6N7O3. The maximum Gasteiger partial charge on any atom is 0.410 e. The Morgan fingerprint density at radius 1 is 1.28 bits per heavy atom. The highest BCUT2D eigenvalue weighted by Gasteiger charge is 2.47. The molecule has 0 aromatic carbocycles. The van der Waals surface area contributed by atoms with Crippen LogP contribution < -0.4 is 10.6 Å². The van der Waals surface area contributed by atoms with E-state index in [2.05, 4.69) is 20.6 Å². The highest BCUT2D eigenvalue weighted by molar-refractivity contribution is 5.95. The van der Waals surface area contributed by atoms with E-state index in [0.717, 1.165) is 11.2 Å². The molecule has 2 fully saturated rings. The lowest BCUT2D eigenvalue weighted by molar-refractivity contribution is -0.149. The summed E-state index contributed by atoms with van der Waals surface area (Å²) in [6, 6.07) is -2.15. The molecule has 5 rings (SSSR count). The molecule has 39 heavy (non-hydrogen) atoms. The summed E-state index contributed by atoms with van der Waals surface area (Å²) in [6.07, 6.45) is -1.28. The van der Waals surface area contributed by atoms with Crippen LogP contribution in [0.15, 0.2) is 29.2 Å². The van der Waals surface area contributed by atoms with Crippen molar-refractivity contribution in [2.24, 2.45) is 5.92 Å². The zero-order chi connectivity index (χ0) is 27.9. The van der Waals surface area contributed by atoms with E-state index in [0.29, 0.717) is 11.3 Å². The predicted molar refractivity (Wildman–Crippen MR) is 120 cm³/mol. The number of halogens is 6. The first-order valence-corrected chi connectivity index (χ1v) is 12.1. The van der Waals surface area contributed by atoms with E-state index in [9.17, 15) is 35.9 Å². The SMILES string of the molecule is O=C(N[C@H](c1cn2ncc(CN3C[C@@H](C(F)(F)F)NC3=O)cc2n1)C1CCC(F)(F)CC1)c1conc1CF. The fourth-order valence-corrected chi connectivity index (χ4v) is 4.89. The molecule has 1 aliphatic carbocycles. The zero-order valence-corrected chi connectivity index (χ0v) is 20.2. The van der Waals surface area contributed by atoms with Gasteiger partial charge in [-0.25, -0.2) is 27.5 Å². The quantitative estimate of drug-likeness (QED) is 0.424. The lowest BCUT2D eigenvalue weighted by Gasteiger charge is -2.33. The lowest BCUT2D eigenvalue weighted by Crippen LogP contribution is -2.40. The summed E-state index contributed by atoms with van der Waals surface area (Å²) >= 11 is 0. The third-order valence-electron chi connectivity index (χ3n) is 7.01. The largest absolute Gasteiger partial charge is 0.410 e. The molecule has 1 aliphatic heterocycles. The van der Waals surface area contributed by atoms with Crippen molar-refractivity contribution in [1.82, 2.24) is 35.3 Å². The van der Waals surface area contributed by atoms with Gasteiger partial charge in [0.1, 0.15) is 30.2 Å². The minimum Gasteiger partial charge on any atom is -0.364 e. The Hall–Kier alpha value is -3.85. The van der Waals surface area contributed by atoms with Gasteiger partial charge >= 0.3 is 12.2 Å². The molecule has 0 unspecified atom stereocenters. The van der Waals surface area contributed by atoms with Crippen molar-refractivity contribution >= 4 is 17.6 Å². The summed E-state index contributed by atoms with van der Waals surface area (Å²) in [5.41, 5.74) is 0.643. The van der Waals surface area contributed by atoms with Crippen molar-refractivity contribution in [1.29, 1.82) is 0 Å². The second-order valence-electron chi connectivity index (χ2n) is 9.71. The molecule has 1 saturated heterocycles. The number of rotatable bonds is 7. The maximum atomic E-state index is 13.8. The number of aromatic nitrogens is 4. The van der Waals surface area contributed by atoms with E-state index in [4.69, 9.17) is 4.52 Å². The van der Waals surface area contributed by atoms with E-state index in [1.807, 2.05) is 5.32 Å². The van der Waals surface area contributed by atoms with Crippen molar-refractivity contribution in [3.63, 3.8) is 0 Å². The third kappa shape index (κ3) is 5.63. The Labute approximate surface area is 216 Å². The maximum absolute atomic E-state index is 13.8. The Balaban J connectivity index is 1.39. The van der Waals surface area contributed by atoms with Crippen LogP contribution in [0.3, 0.4) is 0 Å². The first-order chi connectivity index (χ1) is 18.4. The average Bonchev–Trinajstić information content (AvgIpc) is 3.60. The molecule has 2 N–H and O–H groups in total. The van der Waals surface area contributed by atoms with E-state index < -0.39 is 55.3 Å². The smallest absolute Gasteiger partial charge is 0.364 e. The molecule has 3 aromatic rings. The van der Waals surface area contributed by atoms with E-state index in [1.54, 1.807) is 0 Å². The number of imidazole rings is 1. The normalized spacial score (nSPS) is 20.8. The Morgan fingerprint density at radius 3 is 2.69 bits per heavy atom. The molecule has 2 aliphatic rings. The van der Waals surface area contributed by atoms with E-state index in [-0.39, 0.29) is 49.1 Å². The van der Waals surface area contributed by atoms with Crippen LogP contribution in [0.2, 0.25) is 0 Å². The van der Waals surface area contributed by atoms with Crippen molar-refractivity contribution in [2.45, 2.75) is 63.1 Å². The second-order valence-corrected chi connectivity index (χ2v) is 9.71. The van der Waals surface area contributed by atoms with Gasteiger partial charge in [-0.2, -0.15) is 18.3 Å². The summed E-state index contributed by atoms with van der Waals surface area (Å²) in [5.74, 6) is -3.95. The van der Waals surface area contributed by atoms with Crippen LogP contribution in [0.1, 0.15) is 59.0 Å². The number of nitrogens with one attached hydrogen (secondary N) is 2. The number of hydrogen-bond acceptors (Lipinski definition) is 6. The molecular weight excluding hydrogens is 536 g/mol. The van der Waals surface area contributed by atoms with Crippen LogP contribution in [0.4, 0.5) is 31.1 Å². The number of hydrogen-bond donors (Lipinski definition) is 2. The predicted octanol–water partition coefficient (Wildman–Crippen LogP) is 3.94. The van der Waals surface area contributed by atoms with Crippen LogP contribution >= 0.6 is 0 Å². The first-order valence-electron chi connectivity index (χ1n) is 12.1. The Kier molecular flexibility index (Phi) is 6.88. The number of nitrogens with zero attached hydrogens (tertiary/aromatic N) is 5. The number of carbonyl (C=O) groups excluding carboxylic acids is 2. The van der Waals surface area contributed by atoms with Gasteiger partial charge in [0.15, 0.2) is 5.65 Å². The highest BCUT2D eigenvalue weighted by atomic mass is 19.4. The van der Waals surface area contributed by atoms with Crippen molar-refractivity contribution in [3.8, 4) is 0 Å². The summed E-state index contributed by atoms with van der Waals surface area (Å²) in [5, 5.41) is 12.3. The summed E-state index contributed by atoms with van der Waals surface area (Å²) in [6.45, 7) is -1.75. The topological polar surface area (TPSA) is 118 Å². The van der Waals surface area contributed by atoms with Crippen molar-refractivity contribution < 1.29 is 40.5 Å². The molecule has 3 amide bonds. The standard InChI is InChI=1S/C23H23F6N7O3/c24-6-15-14(11-39-34-15)20(37)33-19(13-1-3-22(25,26)4-2-13)16-9-36-18(31-16)5-12(7-30-36)8-35-10-17(23(27,28)29)32-21(35)38/h5,7,9,11,13,17,19H,1-4,6,8,10H2,(H,32,38)(H,33,37)/t17-,19-/m0/s1. The molecule has 1 saturated carbocycles. The van der Waals surface area contributed by atoms with Crippen molar-refractivity contribution in [3.05, 3.63) is 47.2 Å². The second kappa shape index (κ2) is 10.0. The van der Waals surface area contributed by atoms with Gasteiger partial charge in [0.05, 0.1) is 30.7 Å². The summed E-state index contributed by atoms with van der Waals surface area (Å²) in [7, 11) is 0. The van der Waals surface area contributed by atoms with Gasteiger partial charge in [0.2, 0.25) is 5.92 Å². The number of amides is 3. The fourth-order valence-electron chi connectivity index (χ4n) is 4.89. The molecule has 0 bridgehead atoms. The van der Waals surface area contributed by atoms with Crippen LogP contribution in [-0.2, 0) is 13.2 Å². The molecule has 0 spiro atoms. The zero-order valence-electron chi connectivity index (χ0n) is 20.2. The Bertz CT molecular complexity index is 1360. The first kappa shape index (κ1) is 26.7. The fraction of sp³-hybridized carbons (Fsp3) is 0.522. The Morgan fingerprint density at radius 2 is 2.03 bits per heavy atom. The summed E-state index contributed by atoms with van der Waals surface area (Å²) in [4.78, 5) is 30.4.